The van der Waals surface area contributed by atoms with Crippen molar-refractivity contribution < 1.29 is 14.3 Å². The third kappa shape index (κ3) is 5.08. The molecule has 2 rings (SSSR count). The minimum absolute atomic E-state index is 0.0490. The molecule has 7 heteroatoms. The van der Waals surface area contributed by atoms with Gasteiger partial charge in [-0.15, -0.1) is 0 Å². The zero-order chi connectivity index (χ0) is 18.2. The van der Waals surface area contributed by atoms with Gasteiger partial charge in [0, 0.05) is 39.8 Å². The summed E-state index contributed by atoms with van der Waals surface area (Å²) in [6.45, 7) is 7.75. The lowest BCUT2D eigenvalue weighted by Gasteiger charge is -2.35. The molecule has 1 aliphatic rings. The number of rotatable bonds is 6. The number of amides is 2. The van der Waals surface area contributed by atoms with Gasteiger partial charge in [0.1, 0.15) is 5.69 Å². The molecular formula is C18H28N4O3. The minimum atomic E-state index is -0.253. The fourth-order valence-corrected chi connectivity index (χ4v) is 2.75. The van der Waals surface area contributed by atoms with E-state index in [1.807, 2.05) is 20.0 Å². The van der Waals surface area contributed by atoms with Crippen molar-refractivity contribution in [2.45, 2.75) is 26.7 Å². The second kappa shape index (κ2) is 9.25. The number of aromatic nitrogens is 1. The zero-order valence-corrected chi connectivity index (χ0v) is 15.4. The van der Waals surface area contributed by atoms with Crippen LogP contribution in [0.25, 0.3) is 0 Å². The summed E-state index contributed by atoms with van der Waals surface area (Å²) in [7, 11) is 1.81. The maximum atomic E-state index is 12.3. The largest absolute Gasteiger partial charge is 0.450 e. The van der Waals surface area contributed by atoms with Crippen molar-refractivity contribution >= 4 is 17.7 Å². The standard InChI is InChI=1S/C18H28N4O3/c1-4-6-9-20(3)17(23)16-8-7-15(14-19-16)21-10-12-22(13-11-21)18(24)25-5-2/h7-8,14H,4-6,9-13H2,1-3H3. The fourth-order valence-electron chi connectivity index (χ4n) is 2.75. The average Bonchev–Trinajstić information content (AvgIpc) is 2.66. The fraction of sp³-hybridized carbons (Fsp3) is 0.611. The van der Waals surface area contributed by atoms with Gasteiger partial charge in [-0.2, -0.15) is 0 Å². The molecule has 0 saturated carbocycles. The summed E-state index contributed by atoms with van der Waals surface area (Å²) in [4.78, 5) is 34.0. The SMILES string of the molecule is CCCCN(C)C(=O)c1ccc(N2CCN(C(=O)OCC)CC2)cn1. The van der Waals surface area contributed by atoms with E-state index in [-0.39, 0.29) is 12.0 Å². The molecular weight excluding hydrogens is 320 g/mol. The molecule has 1 aliphatic heterocycles. The summed E-state index contributed by atoms with van der Waals surface area (Å²) < 4.78 is 5.03. The van der Waals surface area contributed by atoms with Crippen molar-refractivity contribution in [2.24, 2.45) is 0 Å². The second-order valence-electron chi connectivity index (χ2n) is 6.15. The number of anilines is 1. The number of hydrogen-bond donors (Lipinski definition) is 0. The quantitative estimate of drug-likeness (QED) is 0.789. The highest BCUT2D eigenvalue weighted by molar-refractivity contribution is 5.92. The van der Waals surface area contributed by atoms with Crippen LogP contribution in [0.2, 0.25) is 0 Å². The van der Waals surface area contributed by atoms with Crippen LogP contribution < -0.4 is 4.90 Å². The van der Waals surface area contributed by atoms with Gasteiger partial charge in [-0.05, 0) is 25.5 Å². The molecule has 1 fully saturated rings. The third-order valence-corrected chi connectivity index (χ3v) is 4.33. The monoisotopic (exact) mass is 348 g/mol. The van der Waals surface area contributed by atoms with Crippen molar-refractivity contribution in [1.82, 2.24) is 14.8 Å². The number of hydrogen-bond acceptors (Lipinski definition) is 5. The van der Waals surface area contributed by atoms with E-state index in [2.05, 4.69) is 16.8 Å². The molecule has 0 spiro atoms. The van der Waals surface area contributed by atoms with Crippen molar-refractivity contribution in [2.75, 3.05) is 51.3 Å². The highest BCUT2D eigenvalue weighted by Gasteiger charge is 2.22. The van der Waals surface area contributed by atoms with E-state index >= 15 is 0 Å². The van der Waals surface area contributed by atoms with Gasteiger partial charge in [-0.25, -0.2) is 9.78 Å². The van der Waals surface area contributed by atoms with E-state index in [0.717, 1.165) is 38.2 Å². The molecule has 0 unspecified atom stereocenters. The summed E-state index contributed by atoms with van der Waals surface area (Å²) >= 11 is 0. The first-order valence-corrected chi connectivity index (χ1v) is 8.95. The lowest BCUT2D eigenvalue weighted by molar-refractivity contribution is 0.0787. The van der Waals surface area contributed by atoms with Crippen molar-refractivity contribution in [1.29, 1.82) is 0 Å². The third-order valence-electron chi connectivity index (χ3n) is 4.33. The van der Waals surface area contributed by atoms with Gasteiger partial charge in [0.15, 0.2) is 0 Å². The normalized spacial score (nSPS) is 14.4. The molecule has 7 nitrogen and oxygen atoms in total. The van der Waals surface area contributed by atoms with Gasteiger partial charge in [0.2, 0.25) is 0 Å². The van der Waals surface area contributed by atoms with Crippen LogP contribution in [0.4, 0.5) is 10.5 Å². The molecule has 2 amide bonds. The summed E-state index contributed by atoms with van der Waals surface area (Å²) in [5.41, 5.74) is 1.43. The number of piperazine rings is 1. The van der Waals surface area contributed by atoms with Gasteiger partial charge in [0.25, 0.3) is 5.91 Å². The van der Waals surface area contributed by atoms with E-state index in [1.165, 1.54) is 0 Å². The maximum absolute atomic E-state index is 12.3. The smallest absolute Gasteiger partial charge is 0.409 e. The molecule has 0 bridgehead atoms. The van der Waals surface area contributed by atoms with Gasteiger partial charge >= 0.3 is 6.09 Å². The Kier molecular flexibility index (Phi) is 7.03. The molecule has 0 aromatic carbocycles. The molecule has 1 saturated heterocycles. The highest BCUT2D eigenvalue weighted by Crippen LogP contribution is 2.16. The van der Waals surface area contributed by atoms with Crippen LogP contribution >= 0.6 is 0 Å². The molecule has 1 aromatic rings. The van der Waals surface area contributed by atoms with Crippen LogP contribution in [0.15, 0.2) is 18.3 Å². The maximum Gasteiger partial charge on any atom is 0.409 e. The Morgan fingerprint density at radius 3 is 2.48 bits per heavy atom. The van der Waals surface area contributed by atoms with Crippen LogP contribution in [-0.2, 0) is 4.74 Å². The molecule has 2 heterocycles. The van der Waals surface area contributed by atoms with Crippen LogP contribution in [0.3, 0.4) is 0 Å². The molecule has 0 N–H and O–H groups in total. The summed E-state index contributed by atoms with van der Waals surface area (Å²) in [6, 6.07) is 3.70. The predicted molar refractivity (Wildman–Crippen MR) is 96.9 cm³/mol. The molecule has 0 atom stereocenters. The van der Waals surface area contributed by atoms with E-state index < -0.39 is 0 Å². The van der Waals surface area contributed by atoms with E-state index in [4.69, 9.17) is 4.74 Å². The first kappa shape index (κ1) is 19.0. The van der Waals surface area contributed by atoms with Gasteiger partial charge in [-0.1, -0.05) is 13.3 Å². The van der Waals surface area contributed by atoms with Crippen molar-refractivity contribution in [3.63, 3.8) is 0 Å². The number of nitrogens with zero attached hydrogens (tertiary/aromatic N) is 4. The lowest BCUT2D eigenvalue weighted by Crippen LogP contribution is -2.49. The first-order chi connectivity index (χ1) is 12.1. The summed E-state index contributed by atoms with van der Waals surface area (Å²) in [6.07, 6.45) is 3.53. The van der Waals surface area contributed by atoms with Crippen molar-refractivity contribution in [3.8, 4) is 0 Å². The number of pyridine rings is 1. The number of unbranched alkanes of at least 4 members (excludes halogenated alkanes) is 1. The van der Waals surface area contributed by atoms with Gasteiger partial charge < -0.3 is 19.4 Å². The predicted octanol–water partition coefficient (Wildman–Crippen LogP) is 2.23. The molecule has 1 aromatic heterocycles. The van der Waals surface area contributed by atoms with Crippen molar-refractivity contribution in [3.05, 3.63) is 24.0 Å². The minimum Gasteiger partial charge on any atom is -0.450 e. The van der Waals surface area contributed by atoms with Crippen LogP contribution in [0.1, 0.15) is 37.2 Å². The Balaban J connectivity index is 1.90. The topological polar surface area (TPSA) is 66.0 Å². The molecule has 0 aliphatic carbocycles. The summed E-state index contributed by atoms with van der Waals surface area (Å²) in [5.74, 6) is -0.0490. The lowest BCUT2D eigenvalue weighted by atomic mass is 10.2. The Hall–Kier alpha value is -2.31. The van der Waals surface area contributed by atoms with E-state index in [9.17, 15) is 9.59 Å². The van der Waals surface area contributed by atoms with Crippen LogP contribution in [0.5, 0.6) is 0 Å². The Morgan fingerprint density at radius 1 is 1.20 bits per heavy atom. The highest BCUT2D eigenvalue weighted by atomic mass is 16.6. The van der Waals surface area contributed by atoms with Crippen LogP contribution in [0, 0.1) is 0 Å². The molecule has 138 valence electrons. The molecule has 0 radical (unpaired) electrons. The van der Waals surface area contributed by atoms with Gasteiger partial charge in [-0.3, -0.25) is 4.79 Å². The number of ether oxygens (including phenoxy) is 1. The van der Waals surface area contributed by atoms with Gasteiger partial charge in [0.05, 0.1) is 18.5 Å². The summed E-state index contributed by atoms with van der Waals surface area (Å²) in [5, 5.41) is 0. The Bertz CT molecular complexity index is 568. The molecule has 25 heavy (non-hydrogen) atoms. The average molecular weight is 348 g/mol. The number of carbonyl (C=O) groups excluding carboxylic acids is 2. The second-order valence-corrected chi connectivity index (χ2v) is 6.15. The Labute approximate surface area is 149 Å². The Morgan fingerprint density at radius 2 is 1.92 bits per heavy atom. The zero-order valence-electron chi connectivity index (χ0n) is 15.4. The van der Waals surface area contributed by atoms with E-state index in [1.54, 1.807) is 22.1 Å². The van der Waals surface area contributed by atoms with E-state index in [0.29, 0.717) is 25.4 Å². The first-order valence-electron chi connectivity index (χ1n) is 8.95. The van der Waals surface area contributed by atoms with Crippen LogP contribution in [-0.4, -0.2) is 73.2 Å². The number of carbonyl (C=O) groups is 2.